The number of anilines is 1. The van der Waals surface area contributed by atoms with Crippen LogP contribution in [0.5, 0.6) is 0 Å². The maximum absolute atomic E-state index is 12.3. The highest BCUT2D eigenvalue weighted by Gasteiger charge is 2.11. The lowest BCUT2D eigenvalue weighted by molar-refractivity contribution is 0.682. The Morgan fingerprint density at radius 3 is 2.67 bits per heavy atom. The van der Waals surface area contributed by atoms with E-state index in [9.17, 15) is 4.21 Å². The van der Waals surface area contributed by atoms with Crippen LogP contribution in [0.15, 0.2) is 51.8 Å². The van der Waals surface area contributed by atoms with Crippen molar-refractivity contribution in [3.05, 3.63) is 57.5 Å². The third-order valence-corrected chi connectivity index (χ3v) is 5.06. The van der Waals surface area contributed by atoms with Crippen molar-refractivity contribution in [1.82, 2.24) is 0 Å². The number of halogens is 2. The molecule has 2 N–H and O–H groups in total. The van der Waals surface area contributed by atoms with Crippen LogP contribution in [-0.4, -0.2) is 4.21 Å². The number of rotatable bonds is 3. The molecule has 94 valence electrons. The van der Waals surface area contributed by atoms with E-state index >= 15 is 0 Å². The van der Waals surface area contributed by atoms with Gasteiger partial charge in [-0.05, 0) is 29.8 Å². The monoisotopic (exact) mass is 343 g/mol. The predicted molar refractivity (Wildman–Crippen MR) is 80.1 cm³/mol. The van der Waals surface area contributed by atoms with E-state index in [-0.39, 0.29) is 0 Å². The van der Waals surface area contributed by atoms with Crippen LogP contribution in [0.25, 0.3) is 0 Å². The Morgan fingerprint density at radius 1 is 1.22 bits per heavy atom. The molecule has 1 atom stereocenters. The van der Waals surface area contributed by atoms with Crippen LogP contribution in [0.4, 0.5) is 5.69 Å². The molecule has 0 amide bonds. The molecule has 0 spiro atoms. The largest absolute Gasteiger partial charge is 0.399 e. The van der Waals surface area contributed by atoms with E-state index in [4.69, 9.17) is 17.3 Å². The van der Waals surface area contributed by atoms with Gasteiger partial charge < -0.3 is 5.73 Å². The number of nitrogens with two attached hydrogens (primary N) is 1. The summed E-state index contributed by atoms with van der Waals surface area (Å²) in [5.41, 5.74) is 7.23. The van der Waals surface area contributed by atoms with E-state index in [1.165, 1.54) is 0 Å². The summed E-state index contributed by atoms with van der Waals surface area (Å²) < 4.78 is 13.2. The van der Waals surface area contributed by atoms with Crippen molar-refractivity contribution >= 4 is 44.0 Å². The van der Waals surface area contributed by atoms with E-state index in [1.54, 1.807) is 18.2 Å². The molecule has 1 unspecified atom stereocenters. The average molecular weight is 345 g/mol. The Kier molecular flexibility index (Phi) is 4.43. The first kappa shape index (κ1) is 13.6. The van der Waals surface area contributed by atoms with E-state index in [2.05, 4.69) is 15.9 Å². The summed E-state index contributed by atoms with van der Waals surface area (Å²) in [6.07, 6.45) is 0. The fraction of sp³-hybridized carbons (Fsp3) is 0.0769. The molecule has 0 aromatic heterocycles. The third kappa shape index (κ3) is 3.13. The molecule has 0 aliphatic carbocycles. The highest BCUT2D eigenvalue weighted by atomic mass is 79.9. The van der Waals surface area contributed by atoms with Crippen LogP contribution in [-0.2, 0) is 16.6 Å². The van der Waals surface area contributed by atoms with Crippen molar-refractivity contribution in [2.45, 2.75) is 10.6 Å². The zero-order valence-electron chi connectivity index (χ0n) is 9.40. The molecule has 0 fully saturated rings. The summed E-state index contributed by atoms with van der Waals surface area (Å²) in [7, 11) is -1.21. The number of nitrogen functional groups attached to an aromatic ring is 1. The van der Waals surface area contributed by atoms with E-state index < -0.39 is 10.8 Å². The zero-order valence-corrected chi connectivity index (χ0v) is 12.6. The molecule has 0 heterocycles. The van der Waals surface area contributed by atoms with E-state index in [1.807, 2.05) is 24.3 Å². The minimum atomic E-state index is -1.21. The predicted octanol–water partition coefficient (Wildman–Crippen LogP) is 3.99. The molecule has 0 radical (unpaired) electrons. The van der Waals surface area contributed by atoms with Gasteiger partial charge in [0, 0.05) is 10.2 Å². The second-order valence-electron chi connectivity index (χ2n) is 3.77. The Bertz CT molecular complexity index is 603. The van der Waals surface area contributed by atoms with Gasteiger partial charge in [0.1, 0.15) is 0 Å². The van der Waals surface area contributed by atoms with E-state index in [0.29, 0.717) is 21.4 Å². The number of benzene rings is 2. The maximum atomic E-state index is 12.3. The lowest BCUT2D eigenvalue weighted by atomic mass is 10.2. The molecule has 0 saturated heterocycles. The summed E-state index contributed by atoms with van der Waals surface area (Å²) in [5, 5.41) is 0.481. The van der Waals surface area contributed by atoms with Crippen LogP contribution >= 0.6 is 27.5 Å². The zero-order chi connectivity index (χ0) is 13.1. The molecule has 2 rings (SSSR count). The van der Waals surface area contributed by atoms with Crippen LogP contribution in [0.3, 0.4) is 0 Å². The fourth-order valence-corrected chi connectivity index (χ4v) is 3.76. The van der Waals surface area contributed by atoms with Gasteiger partial charge in [-0.15, -0.1) is 0 Å². The standard InChI is InChI=1S/C13H11BrClNOS/c14-11-4-2-1-3-9(11)8-18(17)13-7-10(16)5-6-12(13)15/h1-7H,8,16H2. The lowest BCUT2D eigenvalue weighted by Crippen LogP contribution is -1.99. The van der Waals surface area contributed by atoms with Gasteiger partial charge >= 0.3 is 0 Å². The van der Waals surface area contributed by atoms with Crippen molar-refractivity contribution < 1.29 is 4.21 Å². The molecule has 2 nitrogen and oxygen atoms in total. The molecule has 2 aromatic rings. The first-order valence-electron chi connectivity index (χ1n) is 5.25. The Hall–Kier alpha value is -0.840. The van der Waals surface area contributed by atoms with Crippen molar-refractivity contribution in [2.24, 2.45) is 0 Å². The maximum Gasteiger partial charge on any atom is 0.0598 e. The average Bonchev–Trinajstić information content (AvgIpc) is 2.35. The number of hydrogen-bond donors (Lipinski definition) is 1. The van der Waals surface area contributed by atoms with Crippen LogP contribution in [0, 0.1) is 0 Å². The van der Waals surface area contributed by atoms with Gasteiger partial charge in [-0.2, -0.15) is 0 Å². The van der Waals surface area contributed by atoms with Crippen LogP contribution in [0.2, 0.25) is 5.02 Å². The molecule has 0 aliphatic heterocycles. The van der Waals surface area contributed by atoms with Gasteiger partial charge in [0.25, 0.3) is 0 Å². The summed E-state index contributed by atoms with van der Waals surface area (Å²) in [6, 6.07) is 12.7. The van der Waals surface area contributed by atoms with Crippen molar-refractivity contribution in [3.8, 4) is 0 Å². The molecule has 5 heteroatoms. The van der Waals surface area contributed by atoms with Gasteiger partial charge in [-0.25, -0.2) is 0 Å². The second kappa shape index (κ2) is 5.87. The fourth-order valence-electron chi connectivity index (χ4n) is 1.53. The molecular formula is C13H11BrClNOS. The van der Waals surface area contributed by atoms with Crippen LogP contribution in [0.1, 0.15) is 5.56 Å². The minimum absolute atomic E-state index is 0.407. The smallest absolute Gasteiger partial charge is 0.0598 e. The highest BCUT2D eigenvalue weighted by molar-refractivity contribution is 9.10. The summed E-state index contributed by atoms with van der Waals surface area (Å²) in [6.45, 7) is 0. The molecular weight excluding hydrogens is 334 g/mol. The summed E-state index contributed by atoms with van der Waals surface area (Å²) in [5.74, 6) is 0.407. The molecule has 18 heavy (non-hydrogen) atoms. The first-order valence-corrected chi connectivity index (χ1v) is 7.73. The van der Waals surface area contributed by atoms with Crippen molar-refractivity contribution in [1.29, 1.82) is 0 Å². The molecule has 0 aliphatic rings. The van der Waals surface area contributed by atoms with Gasteiger partial charge in [0.05, 0.1) is 26.5 Å². The van der Waals surface area contributed by atoms with Crippen molar-refractivity contribution in [3.63, 3.8) is 0 Å². The van der Waals surface area contributed by atoms with Gasteiger partial charge in [0.15, 0.2) is 0 Å². The second-order valence-corrected chi connectivity index (χ2v) is 6.45. The third-order valence-electron chi connectivity index (χ3n) is 2.44. The first-order chi connectivity index (χ1) is 8.58. The van der Waals surface area contributed by atoms with Gasteiger partial charge in [0.2, 0.25) is 0 Å². The molecule has 0 saturated carbocycles. The normalized spacial score (nSPS) is 12.3. The Balaban J connectivity index is 2.28. The Labute approximate surface area is 122 Å². The van der Waals surface area contributed by atoms with Crippen molar-refractivity contribution in [2.75, 3.05) is 5.73 Å². The summed E-state index contributed by atoms with van der Waals surface area (Å²) in [4.78, 5) is 0.576. The molecule has 0 bridgehead atoms. The van der Waals surface area contributed by atoms with Gasteiger partial charge in [-0.3, -0.25) is 4.21 Å². The van der Waals surface area contributed by atoms with Crippen LogP contribution < -0.4 is 5.73 Å². The summed E-state index contributed by atoms with van der Waals surface area (Å²) >= 11 is 9.47. The molecule has 2 aromatic carbocycles. The SMILES string of the molecule is Nc1ccc(Cl)c(S(=O)Cc2ccccc2Br)c1. The highest BCUT2D eigenvalue weighted by Crippen LogP contribution is 2.26. The Morgan fingerprint density at radius 2 is 1.94 bits per heavy atom. The number of hydrogen-bond acceptors (Lipinski definition) is 2. The topological polar surface area (TPSA) is 43.1 Å². The van der Waals surface area contributed by atoms with Gasteiger partial charge in [-0.1, -0.05) is 45.7 Å². The quantitative estimate of drug-likeness (QED) is 0.855. The van der Waals surface area contributed by atoms with E-state index in [0.717, 1.165) is 10.0 Å². The lowest BCUT2D eigenvalue weighted by Gasteiger charge is -2.07. The minimum Gasteiger partial charge on any atom is -0.399 e.